The molecule has 0 fully saturated rings. The number of phosphoric acid groups is 1. The lowest BCUT2D eigenvalue weighted by molar-refractivity contribution is -0.870. The van der Waals surface area contributed by atoms with Crippen LogP contribution in [-0.2, 0) is 27.9 Å². The summed E-state index contributed by atoms with van der Waals surface area (Å²) in [5.41, 5.74) is 0. The molecule has 3 unspecified atom stereocenters. The molecule has 1 amide bonds. The zero-order valence-corrected chi connectivity index (χ0v) is 51.8. The largest absolute Gasteiger partial charge is 0.756 e. The van der Waals surface area contributed by atoms with Crippen LogP contribution in [-0.4, -0.2) is 69.4 Å². The minimum absolute atomic E-state index is 0.0309. The van der Waals surface area contributed by atoms with Gasteiger partial charge in [0, 0.05) is 12.8 Å². The molecule has 0 aliphatic carbocycles. The number of nitrogens with zero attached hydrogens (tertiary/aromatic N) is 1. The van der Waals surface area contributed by atoms with Crippen LogP contribution in [0.1, 0.15) is 278 Å². The number of carbonyl (C=O) groups is 2. The zero-order chi connectivity index (χ0) is 56.4. The van der Waals surface area contributed by atoms with Gasteiger partial charge in [-0.3, -0.25) is 14.2 Å². The van der Waals surface area contributed by atoms with Crippen molar-refractivity contribution in [2.75, 3.05) is 40.9 Å². The molecule has 0 spiro atoms. The summed E-state index contributed by atoms with van der Waals surface area (Å²) in [6.07, 6.45) is 74.0. The predicted molar refractivity (Wildman–Crippen MR) is 330 cm³/mol. The Labute approximate surface area is 476 Å². The maximum absolute atomic E-state index is 13.6. The molecular formula is C67H121N2O7P. The Balaban J connectivity index is 5.31. The Bertz CT molecular complexity index is 1590. The summed E-state index contributed by atoms with van der Waals surface area (Å²) in [7, 11) is 1.16. The second-order valence-corrected chi connectivity index (χ2v) is 24.0. The fourth-order valence-corrected chi connectivity index (χ4v) is 9.55. The van der Waals surface area contributed by atoms with E-state index in [2.05, 4.69) is 99.0 Å². The fraction of sp³-hybridized carbons (Fsp3) is 0.761. The predicted octanol–water partition coefficient (Wildman–Crippen LogP) is 19.1. The molecule has 0 aromatic heterocycles. The summed E-state index contributed by atoms with van der Waals surface area (Å²) in [4.78, 5) is 40.0. The fourth-order valence-electron chi connectivity index (χ4n) is 8.83. The Morgan fingerprint density at radius 1 is 0.455 bits per heavy atom. The van der Waals surface area contributed by atoms with Crippen molar-refractivity contribution in [2.45, 2.75) is 290 Å². The van der Waals surface area contributed by atoms with Gasteiger partial charge in [0.2, 0.25) is 5.91 Å². The summed E-state index contributed by atoms with van der Waals surface area (Å²) in [6, 6.07) is -0.906. The molecule has 0 saturated carbocycles. The van der Waals surface area contributed by atoms with E-state index in [9.17, 15) is 19.0 Å². The number of rotatable bonds is 57. The van der Waals surface area contributed by atoms with Crippen LogP contribution in [0.4, 0.5) is 0 Å². The lowest BCUT2D eigenvalue weighted by atomic mass is 10.0. The first kappa shape index (κ1) is 74.2. The average molecular weight is 1100 g/mol. The number of ether oxygens (including phenoxy) is 1. The van der Waals surface area contributed by atoms with Crippen molar-refractivity contribution in [1.82, 2.24) is 5.32 Å². The Hall–Kier alpha value is -2.81. The van der Waals surface area contributed by atoms with E-state index >= 15 is 0 Å². The maximum Gasteiger partial charge on any atom is 0.306 e. The van der Waals surface area contributed by atoms with Crippen molar-refractivity contribution in [3.63, 3.8) is 0 Å². The second-order valence-electron chi connectivity index (χ2n) is 22.6. The summed E-state index contributed by atoms with van der Waals surface area (Å²) < 4.78 is 30.3. The van der Waals surface area contributed by atoms with E-state index < -0.39 is 26.6 Å². The third-order valence-corrected chi connectivity index (χ3v) is 14.8. The summed E-state index contributed by atoms with van der Waals surface area (Å²) in [5.74, 6) is -0.574. The van der Waals surface area contributed by atoms with Gasteiger partial charge in [0.15, 0.2) is 0 Å². The second kappa shape index (κ2) is 56.5. The van der Waals surface area contributed by atoms with Crippen LogP contribution in [0.5, 0.6) is 0 Å². The lowest BCUT2D eigenvalue weighted by Crippen LogP contribution is -2.47. The first-order valence-electron chi connectivity index (χ1n) is 31.9. The number of quaternary nitrogens is 1. The van der Waals surface area contributed by atoms with E-state index in [1.165, 1.54) is 135 Å². The van der Waals surface area contributed by atoms with Crippen molar-refractivity contribution >= 4 is 19.7 Å². The van der Waals surface area contributed by atoms with Crippen LogP contribution < -0.4 is 10.2 Å². The topological polar surface area (TPSA) is 114 Å². The van der Waals surface area contributed by atoms with Gasteiger partial charge in [-0.2, -0.15) is 0 Å². The highest BCUT2D eigenvalue weighted by Gasteiger charge is 2.27. The highest BCUT2D eigenvalue weighted by atomic mass is 31.2. The first-order chi connectivity index (χ1) is 37.4. The standard InChI is InChI=1S/C67H121N2O7P/c1-7-10-13-16-19-22-25-28-30-32-33-34-35-37-38-41-44-47-50-53-56-59-66(70)68-64(63-75-77(72,73)74-62-61-69(4,5)6)65(58-55-52-49-46-43-40-27-24-21-18-15-12-9-3)76-67(71)60-57-54-51-48-45-42-39-36-31-29-26-23-20-17-14-11-8-2/h19-20,22-23,28-31,33-34,39,42,55,58,64-65H,7-18,21,24-27,32,35-38,40-41,43-54,56-57,59-63H2,1-6H3,(H-,68,70,72,73)/b22-19-,23-20-,30-28-,31-29-,34-33-,42-39-,58-55-. The number of esters is 1. The highest BCUT2D eigenvalue weighted by Crippen LogP contribution is 2.38. The molecular weight excluding hydrogens is 976 g/mol. The third kappa shape index (κ3) is 57.7. The van der Waals surface area contributed by atoms with E-state index in [-0.39, 0.29) is 24.9 Å². The first-order valence-corrected chi connectivity index (χ1v) is 33.4. The molecule has 0 radical (unpaired) electrons. The Morgan fingerprint density at radius 2 is 0.792 bits per heavy atom. The number of hydrogen-bond acceptors (Lipinski definition) is 7. The van der Waals surface area contributed by atoms with Gasteiger partial charge in [-0.1, -0.05) is 241 Å². The van der Waals surface area contributed by atoms with Gasteiger partial charge in [0.25, 0.3) is 7.82 Å². The van der Waals surface area contributed by atoms with Gasteiger partial charge in [-0.05, 0) is 109 Å². The molecule has 77 heavy (non-hydrogen) atoms. The number of amides is 1. The minimum atomic E-state index is -4.71. The number of hydrogen-bond donors (Lipinski definition) is 1. The van der Waals surface area contributed by atoms with Crippen LogP contribution in [0.15, 0.2) is 85.1 Å². The lowest BCUT2D eigenvalue weighted by Gasteiger charge is -2.30. The maximum atomic E-state index is 13.6. The monoisotopic (exact) mass is 1100 g/mol. The normalized spacial score (nSPS) is 14.2. The SMILES string of the molecule is CCCCC/C=C\C/C=C\C/C=C\CCCCCCCCCCC(=O)NC(COP(=O)([O-])OCC[N+](C)(C)C)C(/C=C\CCCCCCCCCCCCC)OC(=O)CCCCCC/C=C\C/C=C\C/C=C\CCCCC. The van der Waals surface area contributed by atoms with Crippen molar-refractivity contribution in [3.05, 3.63) is 85.1 Å². The van der Waals surface area contributed by atoms with Gasteiger partial charge in [0.05, 0.1) is 33.8 Å². The van der Waals surface area contributed by atoms with Gasteiger partial charge < -0.3 is 28.5 Å². The Morgan fingerprint density at radius 3 is 1.21 bits per heavy atom. The molecule has 3 atom stereocenters. The molecule has 0 aliphatic rings. The smallest absolute Gasteiger partial charge is 0.306 e. The number of unbranched alkanes of at least 4 members (excludes halogenated alkanes) is 29. The van der Waals surface area contributed by atoms with Crippen LogP contribution in [0, 0.1) is 0 Å². The molecule has 0 aromatic carbocycles. The molecule has 0 heterocycles. The van der Waals surface area contributed by atoms with Crippen molar-refractivity contribution in [2.24, 2.45) is 0 Å². The third-order valence-electron chi connectivity index (χ3n) is 13.8. The highest BCUT2D eigenvalue weighted by molar-refractivity contribution is 7.45. The van der Waals surface area contributed by atoms with E-state index in [4.69, 9.17) is 13.8 Å². The van der Waals surface area contributed by atoms with E-state index in [0.717, 1.165) is 103 Å². The van der Waals surface area contributed by atoms with Gasteiger partial charge in [-0.15, -0.1) is 0 Å². The van der Waals surface area contributed by atoms with Crippen LogP contribution in [0.3, 0.4) is 0 Å². The summed E-state index contributed by atoms with van der Waals surface area (Å²) in [5, 5.41) is 3.02. The summed E-state index contributed by atoms with van der Waals surface area (Å²) >= 11 is 0. The molecule has 0 saturated heterocycles. The Kier molecular flexibility index (Phi) is 54.4. The van der Waals surface area contributed by atoms with Crippen LogP contribution in [0.25, 0.3) is 0 Å². The van der Waals surface area contributed by atoms with E-state index in [1.54, 1.807) is 0 Å². The number of likely N-dealkylation sites (N-methyl/N-ethyl adjacent to an activating group) is 1. The molecule has 9 nitrogen and oxygen atoms in total. The number of nitrogens with one attached hydrogen (secondary N) is 1. The average Bonchev–Trinajstić information content (AvgIpc) is 3.39. The number of phosphoric ester groups is 1. The molecule has 1 N–H and O–H groups in total. The molecule has 0 bridgehead atoms. The minimum Gasteiger partial charge on any atom is -0.756 e. The van der Waals surface area contributed by atoms with Gasteiger partial charge >= 0.3 is 5.97 Å². The summed E-state index contributed by atoms with van der Waals surface area (Å²) in [6.45, 7) is 6.77. The van der Waals surface area contributed by atoms with E-state index in [0.29, 0.717) is 23.9 Å². The number of allylic oxidation sites excluding steroid dienone is 13. The molecule has 0 aromatic rings. The number of carbonyl (C=O) groups excluding carboxylic acids is 2. The van der Waals surface area contributed by atoms with Crippen molar-refractivity contribution in [1.29, 1.82) is 0 Å². The van der Waals surface area contributed by atoms with Gasteiger partial charge in [0.1, 0.15) is 19.3 Å². The van der Waals surface area contributed by atoms with Crippen LogP contribution in [0.2, 0.25) is 0 Å². The molecule has 446 valence electrons. The van der Waals surface area contributed by atoms with Crippen molar-refractivity contribution in [3.8, 4) is 0 Å². The zero-order valence-electron chi connectivity index (χ0n) is 50.9. The quantitative estimate of drug-likeness (QED) is 0.0212. The molecule has 0 rings (SSSR count). The molecule has 10 heteroatoms. The molecule has 0 aliphatic heterocycles. The van der Waals surface area contributed by atoms with E-state index in [1.807, 2.05) is 33.3 Å². The van der Waals surface area contributed by atoms with Crippen molar-refractivity contribution < 1.29 is 37.3 Å². The van der Waals surface area contributed by atoms with Crippen LogP contribution >= 0.6 is 7.82 Å². The van der Waals surface area contributed by atoms with Gasteiger partial charge in [-0.25, -0.2) is 0 Å².